The molecule has 36 heavy (non-hydrogen) atoms. The molecule has 0 saturated carbocycles. The number of amides is 2. The van der Waals surface area contributed by atoms with Gasteiger partial charge >= 0.3 is 0 Å². The smallest absolute Gasteiger partial charge is 0.267 e. The van der Waals surface area contributed by atoms with Crippen LogP contribution in [-0.2, 0) is 22.7 Å². The maximum absolute atomic E-state index is 12.8. The Labute approximate surface area is 222 Å². The number of hydrazone groups is 1. The minimum absolute atomic E-state index is 0.0233. The summed E-state index contributed by atoms with van der Waals surface area (Å²) in [6.45, 7) is 8.71. The van der Waals surface area contributed by atoms with E-state index in [0.29, 0.717) is 36.7 Å². The van der Waals surface area contributed by atoms with Crippen molar-refractivity contribution < 1.29 is 9.59 Å². The standard InChI is InChI=1S/C27H31Cl2N5O2/c1-4-18-7-6-17(11-19(18)15-34(3)25-10-5-16(2)31-27(25)36)14-30-26(35)24-13-23(32-33-24)21-9-8-20(28)12-22(21)29/h4,6-9,11,20,23,25,32H,1-2,5,10,12-15H2,3H3,(H,30,35)(H,31,36). The second-order valence-electron chi connectivity index (χ2n) is 9.37. The summed E-state index contributed by atoms with van der Waals surface area (Å²) in [5.74, 6) is -0.243. The average molecular weight is 528 g/mol. The molecule has 1 aliphatic carbocycles. The van der Waals surface area contributed by atoms with Gasteiger partial charge in [-0.3, -0.25) is 14.5 Å². The molecule has 190 valence electrons. The summed E-state index contributed by atoms with van der Waals surface area (Å²) < 4.78 is 0. The molecule has 0 radical (unpaired) electrons. The molecule has 7 nitrogen and oxygen atoms in total. The first-order valence-corrected chi connectivity index (χ1v) is 12.8. The first kappa shape index (κ1) is 26.2. The number of alkyl halides is 1. The van der Waals surface area contributed by atoms with E-state index in [2.05, 4.69) is 34.3 Å². The number of benzene rings is 1. The lowest BCUT2D eigenvalue weighted by molar-refractivity contribution is -0.126. The molecule has 0 spiro atoms. The van der Waals surface area contributed by atoms with E-state index in [1.165, 1.54) is 0 Å². The third-order valence-corrected chi connectivity index (χ3v) is 7.39. The Balaban J connectivity index is 1.35. The van der Waals surface area contributed by atoms with Crippen LogP contribution in [0.15, 0.2) is 64.9 Å². The van der Waals surface area contributed by atoms with Crippen LogP contribution in [0.3, 0.4) is 0 Å². The monoisotopic (exact) mass is 527 g/mol. The molecule has 1 saturated heterocycles. The Morgan fingerprint density at radius 1 is 1.36 bits per heavy atom. The molecule has 4 rings (SSSR count). The van der Waals surface area contributed by atoms with Gasteiger partial charge in [-0.05, 0) is 42.2 Å². The molecule has 0 aromatic heterocycles. The number of allylic oxidation sites excluding steroid dienone is 3. The fraction of sp³-hybridized carbons (Fsp3) is 0.370. The van der Waals surface area contributed by atoms with Crippen molar-refractivity contribution in [1.82, 2.24) is 21.0 Å². The Hall–Kier alpha value is -2.87. The average Bonchev–Trinajstić information content (AvgIpc) is 3.32. The van der Waals surface area contributed by atoms with E-state index < -0.39 is 0 Å². The molecule has 2 amide bonds. The molecule has 1 aromatic rings. The van der Waals surface area contributed by atoms with Crippen molar-refractivity contribution in [2.75, 3.05) is 7.05 Å². The number of nitrogens with one attached hydrogen (secondary N) is 3. The maximum Gasteiger partial charge on any atom is 0.267 e. The third kappa shape index (κ3) is 6.09. The van der Waals surface area contributed by atoms with Crippen LogP contribution in [0.4, 0.5) is 0 Å². The highest BCUT2D eigenvalue weighted by Crippen LogP contribution is 2.30. The molecule has 2 heterocycles. The summed E-state index contributed by atoms with van der Waals surface area (Å²) >= 11 is 12.5. The van der Waals surface area contributed by atoms with Crippen molar-refractivity contribution in [1.29, 1.82) is 0 Å². The van der Waals surface area contributed by atoms with Crippen LogP contribution < -0.4 is 16.1 Å². The Morgan fingerprint density at radius 3 is 2.89 bits per heavy atom. The van der Waals surface area contributed by atoms with Crippen LogP contribution in [-0.4, -0.2) is 46.9 Å². The van der Waals surface area contributed by atoms with Crippen LogP contribution in [0.25, 0.3) is 6.08 Å². The van der Waals surface area contributed by atoms with Crippen LogP contribution >= 0.6 is 23.2 Å². The molecule has 9 heteroatoms. The fourth-order valence-electron chi connectivity index (χ4n) is 4.68. The van der Waals surface area contributed by atoms with Gasteiger partial charge in [0.05, 0.1) is 17.5 Å². The van der Waals surface area contributed by atoms with Gasteiger partial charge in [-0.1, -0.05) is 61.2 Å². The second kappa shape index (κ2) is 11.5. The highest BCUT2D eigenvalue weighted by molar-refractivity contribution is 6.39. The van der Waals surface area contributed by atoms with Crippen molar-refractivity contribution in [3.63, 3.8) is 0 Å². The summed E-state index contributed by atoms with van der Waals surface area (Å²) in [7, 11) is 1.94. The lowest BCUT2D eigenvalue weighted by Gasteiger charge is -2.31. The van der Waals surface area contributed by atoms with Crippen LogP contribution in [0.5, 0.6) is 0 Å². The number of carbonyl (C=O) groups is 2. The number of halogens is 2. The van der Waals surface area contributed by atoms with Crippen molar-refractivity contribution in [3.8, 4) is 0 Å². The number of piperidine rings is 1. The van der Waals surface area contributed by atoms with Gasteiger partial charge in [0.15, 0.2) is 0 Å². The minimum atomic E-state index is -0.220. The predicted octanol–water partition coefficient (Wildman–Crippen LogP) is 3.95. The number of nitrogens with zero attached hydrogens (tertiary/aromatic N) is 2. The van der Waals surface area contributed by atoms with Crippen molar-refractivity contribution in [2.24, 2.45) is 5.10 Å². The first-order valence-electron chi connectivity index (χ1n) is 12.0. The second-order valence-corrected chi connectivity index (χ2v) is 10.4. The molecule has 3 unspecified atom stereocenters. The normalized spacial score (nSPS) is 23.9. The molecular weight excluding hydrogens is 497 g/mol. The molecule has 1 aromatic carbocycles. The summed E-state index contributed by atoms with van der Waals surface area (Å²) in [6, 6.07) is 5.65. The first-order chi connectivity index (χ1) is 17.2. The fourth-order valence-corrected chi connectivity index (χ4v) is 5.34. The highest BCUT2D eigenvalue weighted by Gasteiger charge is 2.29. The SMILES string of the molecule is C=Cc1ccc(CNC(=O)C2=NNC(C3=C(Cl)CC(Cl)C=C3)C2)cc1CN(C)C1CCC(=C)NC1=O. The topological polar surface area (TPSA) is 85.8 Å². The van der Waals surface area contributed by atoms with Crippen LogP contribution in [0.1, 0.15) is 42.4 Å². The molecule has 3 N–H and O–H groups in total. The zero-order chi connectivity index (χ0) is 25.8. The van der Waals surface area contributed by atoms with Gasteiger partial charge in [0.1, 0.15) is 5.71 Å². The largest absolute Gasteiger partial charge is 0.347 e. The Bertz CT molecular complexity index is 1170. The van der Waals surface area contributed by atoms with E-state index in [-0.39, 0.29) is 29.3 Å². The van der Waals surface area contributed by atoms with Gasteiger partial charge in [-0.2, -0.15) is 5.10 Å². The summed E-state index contributed by atoms with van der Waals surface area (Å²) in [4.78, 5) is 27.2. The van der Waals surface area contributed by atoms with Gasteiger partial charge in [0, 0.05) is 36.7 Å². The van der Waals surface area contributed by atoms with Crippen LogP contribution in [0.2, 0.25) is 0 Å². The molecular formula is C27H31Cl2N5O2. The van der Waals surface area contributed by atoms with Crippen molar-refractivity contribution in [2.45, 2.75) is 56.2 Å². The van der Waals surface area contributed by atoms with E-state index in [9.17, 15) is 9.59 Å². The van der Waals surface area contributed by atoms with Gasteiger partial charge < -0.3 is 16.1 Å². The summed E-state index contributed by atoms with van der Waals surface area (Å²) in [6.07, 6.45) is 8.16. The predicted molar refractivity (Wildman–Crippen MR) is 145 cm³/mol. The minimum Gasteiger partial charge on any atom is -0.347 e. The number of hydrogen-bond donors (Lipinski definition) is 3. The Morgan fingerprint density at radius 2 is 2.17 bits per heavy atom. The number of rotatable bonds is 8. The molecule has 3 aliphatic rings. The zero-order valence-electron chi connectivity index (χ0n) is 20.3. The lowest BCUT2D eigenvalue weighted by atomic mass is 9.96. The van der Waals surface area contributed by atoms with E-state index in [0.717, 1.165) is 40.8 Å². The Kier molecular flexibility index (Phi) is 8.34. The van der Waals surface area contributed by atoms with Crippen molar-refractivity contribution >= 4 is 46.8 Å². The number of hydrogen-bond acceptors (Lipinski definition) is 5. The van der Waals surface area contributed by atoms with Crippen LogP contribution in [0, 0.1) is 0 Å². The van der Waals surface area contributed by atoms with Gasteiger partial charge in [0.2, 0.25) is 5.91 Å². The lowest BCUT2D eigenvalue weighted by Crippen LogP contribution is -2.47. The van der Waals surface area contributed by atoms with E-state index >= 15 is 0 Å². The number of carbonyl (C=O) groups excluding carboxylic acids is 2. The molecule has 0 bridgehead atoms. The van der Waals surface area contributed by atoms with Crippen molar-refractivity contribution in [3.05, 3.63) is 76.5 Å². The summed E-state index contributed by atoms with van der Waals surface area (Å²) in [5, 5.41) is 10.6. The van der Waals surface area contributed by atoms with Gasteiger partial charge in [-0.25, -0.2) is 0 Å². The molecule has 2 aliphatic heterocycles. The molecule has 3 atom stereocenters. The van der Waals surface area contributed by atoms with E-state index in [1.54, 1.807) is 6.08 Å². The number of likely N-dealkylation sites (N-methyl/N-ethyl adjacent to an activating group) is 1. The highest BCUT2D eigenvalue weighted by atomic mass is 35.5. The van der Waals surface area contributed by atoms with Gasteiger partial charge in [0.25, 0.3) is 5.91 Å². The van der Waals surface area contributed by atoms with Gasteiger partial charge in [-0.15, -0.1) is 11.6 Å². The molecule has 1 fully saturated rings. The zero-order valence-corrected chi connectivity index (χ0v) is 21.8. The van der Waals surface area contributed by atoms with E-state index in [4.69, 9.17) is 23.2 Å². The summed E-state index contributed by atoms with van der Waals surface area (Å²) in [5.41, 5.74) is 8.13. The third-order valence-electron chi connectivity index (χ3n) is 6.72. The maximum atomic E-state index is 12.8. The van der Waals surface area contributed by atoms with E-state index in [1.807, 2.05) is 42.3 Å². The quantitative estimate of drug-likeness (QED) is 0.447.